The number of methoxy groups -OCH3 is 1. The summed E-state index contributed by atoms with van der Waals surface area (Å²) < 4.78 is 10.8. The van der Waals surface area contributed by atoms with Crippen molar-refractivity contribution in [2.45, 2.75) is 31.0 Å². The number of carbonyl (C=O) groups is 2. The molecule has 4 atom stereocenters. The van der Waals surface area contributed by atoms with Gasteiger partial charge in [-0.15, -0.1) is 0 Å². The molecule has 2 aliphatic rings. The third-order valence-electron chi connectivity index (χ3n) is 5.31. The zero-order chi connectivity index (χ0) is 19.0. The van der Waals surface area contributed by atoms with Crippen LogP contribution >= 0.6 is 11.6 Å². The van der Waals surface area contributed by atoms with Gasteiger partial charge in [0.1, 0.15) is 0 Å². The Balaban J connectivity index is 1.62. The first kappa shape index (κ1) is 17.9. The number of esters is 1. The van der Waals surface area contributed by atoms with Gasteiger partial charge in [-0.05, 0) is 48.7 Å². The molecule has 6 nitrogen and oxygen atoms in total. The number of aromatic nitrogens is 1. The van der Waals surface area contributed by atoms with Gasteiger partial charge >= 0.3 is 5.97 Å². The minimum Gasteiger partial charge on any atom is -0.465 e. The number of amides is 1. The first-order valence-corrected chi connectivity index (χ1v) is 9.20. The fraction of sp³-hybridized carbons (Fsp3) is 0.350. The average Bonchev–Trinajstić information content (AvgIpc) is 3.31. The number of carbonyl (C=O) groups excluding carboxylic acids is 2. The van der Waals surface area contributed by atoms with E-state index in [0.29, 0.717) is 10.7 Å². The number of hydrogen-bond acceptors (Lipinski definition) is 5. The predicted octanol–water partition coefficient (Wildman–Crippen LogP) is 3.42. The van der Waals surface area contributed by atoms with Crippen molar-refractivity contribution in [3.8, 4) is 0 Å². The maximum absolute atomic E-state index is 13.1. The van der Waals surface area contributed by atoms with Crippen LogP contribution in [-0.2, 0) is 14.3 Å². The van der Waals surface area contributed by atoms with Crippen molar-refractivity contribution in [2.75, 3.05) is 12.4 Å². The van der Waals surface area contributed by atoms with Gasteiger partial charge in [-0.25, -0.2) is 4.79 Å². The van der Waals surface area contributed by atoms with Gasteiger partial charge in [-0.3, -0.25) is 9.78 Å². The van der Waals surface area contributed by atoms with Gasteiger partial charge in [0.2, 0.25) is 5.91 Å². The molecule has 2 aromatic rings. The summed E-state index contributed by atoms with van der Waals surface area (Å²) in [4.78, 5) is 29.2. The fourth-order valence-electron chi connectivity index (χ4n) is 4.14. The molecule has 0 aliphatic carbocycles. The molecule has 0 spiro atoms. The Bertz CT molecular complexity index is 874. The van der Waals surface area contributed by atoms with Crippen LogP contribution < -0.4 is 5.32 Å². The van der Waals surface area contributed by atoms with E-state index in [2.05, 4.69) is 10.3 Å². The molecule has 2 fully saturated rings. The van der Waals surface area contributed by atoms with Crippen molar-refractivity contribution < 1.29 is 19.1 Å². The monoisotopic (exact) mass is 386 g/mol. The van der Waals surface area contributed by atoms with E-state index >= 15 is 0 Å². The Morgan fingerprint density at radius 2 is 1.93 bits per heavy atom. The quantitative estimate of drug-likeness (QED) is 0.814. The molecule has 3 heterocycles. The molecule has 1 amide bonds. The maximum Gasteiger partial charge on any atom is 0.340 e. The van der Waals surface area contributed by atoms with Crippen LogP contribution in [0.2, 0.25) is 5.02 Å². The van der Waals surface area contributed by atoms with Crippen molar-refractivity contribution in [1.82, 2.24) is 4.98 Å². The van der Waals surface area contributed by atoms with Gasteiger partial charge in [0.05, 0.1) is 36.5 Å². The molecule has 27 heavy (non-hydrogen) atoms. The summed E-state index contributed by atoms with van der Waals surface area (Å²) in [5.41, 5.74) is 1.65. The number of halogens is 1. The van der Waals surface area contributed by atoms with Crippen molar-refractivity contribution in [3.05, 3.63) is 58.9 Å². The number of hydrogen-bond donors (Lipinski definition) is 1. The SMILES string of the molecule is COC(=O)c1cc(Cl)ccc1NC(=O)[C@H]1[C@H](c2ccncc2)[C@@H]2CC[C@H]1O2. The van der Waals surface area contributed by atoms with Gasteiger partial charge in [0.15, 0.2) is 0 Å². The first-order valence-electron chi connectivity index (χ1n) is 8.82. The van der Waals surface area contributed by atoms with Crippen LogP contribution in [0.25, 0.3) is 0 Å². The van der Waals surface area contributed by atoms with Crippen LogP contribution in [0.1, 0.15) is 34.7 Å². The van der Waals surface area contributed by atoms with Crippen LogP contribution in [0.15, 0.2) is 42.7 Å². The van der Waals surface area contributed by atoms with Crippen molar-refractivity contribution in [1.29, 1.82) is 0 Å². The second kappa shape index (κ2) is 7.29. The van der Waals surface area contributed by atoms with Crippen molar-refractivity contribution in [3.63, 3.8) is 0 Å². The third-order valence-corrected chi connectivity index (χ3v) is 5.55. The lowest BCUT2D eigenvalue weighted by Crippen LogP contribution is -2.36. The highest BCUT2D eigenvalue weighted by molar-refractivity contribution is 6.31. The molecule has 1 aromatic heterocycles. The van der Waals surface area contributed by atoms with E-state index in [1.165, 1.54) is 13.2 Å². The number of fused-ring (bicyclic) bond motifs is 2. The molecule has 140 valence electrons. The number of anilines is 1. The minimum atomic E-state index is -0.553. The second-order valence-electron chi connectivity index (χ2n) is 6.79. The van der Waals surface area contributed by atoms with Gasteiger partial charge in [0.25, 0.3) is 0 Å². The summed E-state index contributed by atoms with van der Waals surface area (Å²) in [7, 11) is 1.29. The Morgan fingerprint density at radius 3 is 2.67 bits per heavy atom. The smallest absolute Gasteiger partial charge is 0.340 e. The summed E-state index contributed by atoms with van der Waals surface area (Å²) in [6, 6.07) is 8.58. The van der Waals surface area contributed by atoms with E-state index in [9.17, 15) is 9.59 Å². The topological polar surface area (TPSA) is 77.5 Å². The van der Waals surface area contributed by atoms with Gasteiger partial charge in [0, 0.05) is 23.3 Å². The number of benzene rings is 1. The minimum absolute atomic E-state index is 0.0263. The zero-order valence-electron chi connectivity index (χ0n) is 14.7. The third kappa shape index (κ3) is 3.31. The maximum atomic E-state index is 13.1. The summed E-state index contributed by atoms with van der Waals surface area (Å²) in [5.74, 6) is -1.08. The van der Waals surface area contributed by atoms with Crippen LogP contribution in [0.4, 0.5) is 5.69 Å². The number of nitrogens with zero attached hydrogens (tertiary/aromatic N) is 1. The zero-order valence-corrected chi connectivity index (χ0v) is 15.5. The van der Waals surface area contributed by atoms with E-state index in [1.807, 2.05) is 12.1 Å². The molecular weight excluding hydrogens is 368 g/mol. The lowest BCUT2D eigenvalue weighted by molar-refractivity contribution is -0.121. The Morgan fingerprint density at radius 1 is 1.19 bits per heavy atom. The summed E-state index contributed by atoms with van der Waals surface area (Å²) in [6.07, 6.45) is 5.15. The van der Waals surface area contributed by atoms with Crippen LogP contribution in [0.5, 0.6) is 0 Å². The molecule has 2 saturated heterocycles. The van der Waals surface area contributed by atoms with E-state index in [4.69, 9.17) is 21.1 Å². The lowest BCUT2D eigenvalue weighted by Gasteiger charge is -2.27. The van der Waals surface area contributed by atoms with Crippen LogP contribution in [-0.4, -0.2) is 36.2 Å². The number of pyridine rings is 1. The van der Waals surface area contributed by atoms with E-state index in [1.54, 1.807) is 24.5 Å². The van der Waals surface area contributed by atoms with Gasteiger partial charge in [-0.2, -0.15) is 0 Å². The number of rotatable bonds is 4. The number of nitrogens with one attached hydrogen (secondary N) is 1. The van der Waals surface area contributed by atoms with Crippen LogP contribution in [0, 0.1) is 5.92 Å². The van der Waals surface area contributed by atoms with Crippen LogP contribution in [0.3, 0.4) is 0 Å². The fourth-order valence-corrected chi connectivity index (χ4v) is 4.31. The standard InChI is InChI=1S/C20H19ClN2O4/c1-26-20(25)13-10-12(21)2-3-14(13)23-19(24)18-16-5-4-15(27-16)17(18)11-6-8-22-9-7-11/h2-3,6-10,15-18H,4-5H2,1H3,(H,23,24)/t15-,16+,17+,18+/m0/s1. The molecule has 0 saturated carbocycles. The highest BCUT2D eigenvalue weighted by atomic mass is 35.5. The van der Waals surface area contributed by atoms with E-state index in [0.717, 1.165) is 18.4 Å². The van der Waals surface area contributed by atoms with Gasteiger partial charge in [-0.1, -0.05) is 11.6 Å². The first-order chi connectivity index (χ1) is 13.1. The molecule has 4 rings (SSSR count). The second-order valence-corrected chi connectivity index (χ2v) is 7.23. The molecule has 1 aromatic carbocycles. The molecule has 2 aliphatic heterocycles. The Hall–Kier alpha value is -2.44. The highest BCUT2D eigenvalue weighted by Crippen LogP contribution is 2.49. The molecule has 1 N–H and O–H groups in total. The molecule has 7 heteroatoms. The average molecular weight is 387 g/mol. The largest absolute Gasteiger partial charge is 0.465 e. The molecular formula is C20H19ClN2O4. The predicted molar refractivity (Wildman–Crippen MR) is 99.8 cm³/mol. The van der Waals surface area contributed by atoms with Crippen molar-refractivity contribution >= 4 is 29.2 Å². The summed E-state index contributed by atoms with van der Waals surface area (Å²) in [6.45, 7) is 0. The molecule has 0 unspecified atom stereocenters. The summed E-state index contributed by atoms with van der Waals surface area (Å²) >= 11 is 5.99. The molecule has 0 radical (unpaired) electrons. The normalized spacial score (nSPS) is 26.0. The van der Waals surface area contributed by atoms with E-state index < -0.39 is 5.97 Å². The Labute approximate surface area is 161 Å². The van der Waals surface area contributed by atoms with Crippen molar-refractivity contribution in [2.24, 2.45) is 5.92 Å². The van der Waals surface area contributed by atoms with E-state index in [-0.39, 0.29) is 35.5 Å². The Kier molecular flexibility index (Phi) is 4.85. The summed E-state index contributed by atoms with van der Waals surface area (Å²) in [5, 5.41) is 3.28. The number of ether oxygens (including phenoxy) is 2. The highest BCUT2D eigenvalue weighted by Gasteiger charge is 2.52. The lowest BCUT2D eigenvalue weighted by atomic mass is 9.75. The molecule has 2 bridgehead atoms. The van der Waals surface area contributed by atoms with Gasteiger partial charge < -0.3 is 14.8 Å².